The van der Waals surface area contributed by atoms with Crippen LogP contribution < -0.4 is 10.1 Å². The number of aryl methyl sites for hydroxylation is 1. The standard InChI is InChI=1S/C23H29FN2O3/c1-5-21(23(28)25-16(2)3)26(14-18-8-10-19(24)11-9-18)22(27)15-29-20-12-6-17(4)7-13-20/h6-13,16,21H,5,14-15H2,1-4H3,(H,25,28)/t21-/m1/s1. The van der Waals surface area contributed by atoms with Crippen LogP contribution >= 0.6 is 0 Å². The van der Waals surface area contributed by atoms with Gasteiger partial charge >= 0.3 is 0 Å². The van der Waals surface area contributed by atoms with Gasteiger partial charge in [-0.05, 0) is 57.0 Å². The predicted octanol–water partition coefficient (Wildman–Crippen LogP) is 3.84. The zero-order valence-electron chi connectivity index (χ0n) is 17.4. The normalized spacial score (nSPS) is 11.8. The number of ether oxygens (including phenoxy) is 1. The van der Waals surface area contributed by atoms with Gasteiger partial charge in [-0.25, -0.2) is 4.39 Å². The van der Waals surface area contributed by atoms with E-state index in [-0.39, 0.29) is 36.8 Å². The number of amides is 2. The lowest BCUT2D eigenvalue weighted by Crippen LogP contribution is -2.51. The molecule has 1 N–H and O–H groups in total. The molecule has 156 valence electrons. The SMILES string of the molecule is CC[C@H](C(=O)NC(C)C)N(Cc1ccc(F)cc1)C(=O)COc1ccc(C)cc1. The Morgan fingerprint density at radius 2 is 1.69 bits per heavy atom. The van der Waals surface area contributed by atoms with Crippen LogP contribution in [0.25, 0.3) is 0 Å². The molecule has 0 aromatic heterocycles. The molecule has 1 atom stereocenters. The monoisotopic (exact) mass is 400 g/mol. The average Bonchev–Trinajstić information content (AvgIpc) is 2.68. The van der Waals surface area contributed by atoms with Crippen molar-refractivity contribution in [3.05, 3.63) is 65.5 Å². The Labute approximate surface area is 171 Å². The third-order valence-electron chi connectivity index (χ3n) is 4.47. The minimum atomic E-state index is -0.642. The number of nitrogens with one attached hydrogen (secondary N) is 1. The smallest absolute Gasteiger partial charge is 0.261 e. The van der Waals surface area contributed by atoms with Crippen molar-refractivity contribution in [3.8, 4) is 5.75 Å². The van der Waals surface area contributed by atoms with Crippen molar-refractivity contribution in [1.82, 2.24) is 10.2 Å². The van der Waals surface area contributed by atoms with E-state index < -0.39 is 6.04 Å². The third kappa shape index (κ3) is 6.89. The quantitative estimate of drug-likeness (QED) is 0.696. The first-order valence-corrected chi connectivity index (χ1v) is 9.84. The van der Waals surface area contributed by atoms with Crippen LogP contribution in [0.1, 0.15) is 38.3 Å². The number of hydrogen-bond acceptors (Lipinski definition) is 3. The summed E-state index contributed by atoms with van der Waals surface area (Å²) in [5, 5.41) is 2.87. The highest BCUT2D eigenvalue weighted by Crippen LogP contribution is 2.15. The number of nitrogens with zero attached hydrogens (tertiary/aromatic N) is 1. The molecule has 0 spiro atoms. The van der Waals surface area contributed by atoms with Crippen molar-refractivity contribution in [2.75, 3.05) is 6.61 Å². The second-order valence-corrected chi connectivity index (χ2v) is 7.34. The van der Waals surface area contributed by atoms with E-state index >= 15 is 0 Å². The highest BCUT2D eigenvalue weighted by Gasteiger charge is 2.29. The summed E-state index contributed by atoms with van der Waals surface area (Å²) in [6, 6.07) is 12.6. The molecule has 0 saturated heterocycles. The molecular formula is C23H29FN2O3. The molecule has 0 aliphatic carbocycles. The topological polar surface area (TPSA) is 58.6 Å². The van der Waals surface area contributed by atoms with Crippen LogP contribution in [0.15, 0.2) is 48.5 Å². The van der Waals surface area contributed by atoms with E-state index in [1.165, 1.54) is 17.0 Å². The van der Waals surface area contributed by atoms with Crippen molar-refractivity contribution in [1.29, 1.82) is 0 Å². The maximum absolute atomic E-state index is 13.3. The van der Waals surface area contributed by atoms with E-state index in [1.54, 1.807) is 24.3 Å². The first kappa shape index (κ1) is 22.4. The molecule has 2 rings (SSSR count). The largest absolute Gasteiger partial charge is 0.484 e. The molecule has 0 fully saturated rings. The first-order chi connectivity index (χ1) is 13.8. The van der Waals surface area contributed by atoms with Crippen molar-refractivity contribution >= 4 is 11.8 Å². The number of carbonyl (C=O) groups is 2. The van der Waals surface area contributed by atoms with Gasteiger partial charge in [0.25, 0.3) is 5.91 Å². The summed E-state index contributed by atoms with van der Waals surface area (Å²) in [4.78, 5) is 27.2. The Morgan fingerprint density at radius 1 is 1.07 bits per heavy atom. The Morgan fingerprint density at radius 3 is 2.24 bits per heavy atom. The summed E-state index contributed by atoms with van der Waals surface area (Å²) in [5.41, 5.74) is 1.84. The van der Waals surface area contributed by atoms with Gasteiger partial charge in [-0.15, -0.1) is 0 Å². The lowest BCUT2D eigenvalue weighted by Gasteiger charge is -2.31. The summed E-state index contributed by atoms with van der Waals surface area (Å²) in [5.74, 6) is -0.279. The summed E-state index contributed by atoms with van der Waals surface area (Å²) < 4.78 is 18.9. The number of carbonyl (C=O) groups excluding carboxylic acids is 2. The molecule has 0 aliphatic rings. The van der Waals surface area contributed by atoms with Gasteiger partial charge in [0.05, 0.1) is 0 Å². The number of benzene rings is 2. The molecule has 0 unspecified atom stereocenters. The maximum Gasteiger partial charge on any atom is 0.261 e. The van der Waals surface area contributed by atoms with Crippen LogP contribution in [0, 0.1) is 12.7 Å². The van der Waals surface area contributed by atoms with E-state index in [0.717, 1.165) is 11.1 Å². The van der Waals surface area contributed by atoms with Crippen molar-refractivity contribution < 1.29 is 18.7 Å². The Bertz CT molecular complexity index is 804. The molecule has 2 aromatic carbocycles. The van der Waals surface area contributed by atoms with Gasteiger partial charge in [0.15, 0.2) is 6.61 Å². The van der Waals surface area contributed by atoms with Crippen molar-refractivity contribution in [2.24, 2.45) is 0 Å². The fraction of sp³-hybridized carbons (Fsp3) is 0.391. The van der Waals surface area contributed by atoms with E-state index in [2.05, 4.69) is 5.32 Å². The summed E-state index contributed by atoms with van der Waals surface area (Å²) >= 11 is 0. The average molecular weight is 400 g/mol. The summed E-state index contributed by atoms with van der Waals surface area (Å²) in [6.45, 7) is 7.58. The molecular weight excluding hydrogens is 371 g/mol. The highest BCUT2D eigenvalue weighted by atomic mass is 19.1. The Hall–Kier alpha value is -2.89. The van der Waals surface area contributed by atoms with Gasteiger partial charge in [-0.2, -0.15) is 0 Å². The van der Waals surface area contributed by atoms with Crippen molar-refractivity contribution in [3.63, 3.8) is 0 Å². The zero-order chi connectivity index (χ0) is 21.4. The van der Waals surface area contributed by atoms with Gasteiger partial charge in [-0.1, -0.05) is 36.8 Å². The predicted molar refractivity (Wildman–Crippen MR) is 111 cm³/mol. The highest BCUT2D eigenvalue weighted by molar-refractivity contribution is 5.88. The molecule has 6 heteroatoms. The van der Waals surface area contributed by atoms with E-state index in [1.807, 2.05) is 39.8 Å². The van der Waals surface area contributed by atoms with Gasteiger partial charge in [0, 0.05) is 12.6 Å². The second kappa shape index (κ2) is 10.6. The van der Waals surface area contributed by atoms with Crippen LogP contribution in [-0.4, -0.2) is 35.4 Å². The summed E-state index contributed by atoms with van der Waals surface area (Å²) in [7, 11) is 0. The van der Waals surface area contributed by atoms with Crippen LogP contribution in [0.3, 0.4) is 0 Å². The van der Waals surface area contributed by atoms with Crippen molar-refractivity contribution in [2.45, 2.75) is 52.7 Å². The Balaban J connectivity index is 2.18. The molecule has 29 heavy (non-hydrogen) atoms. The summed E-state index contributed by atoms with van der Waals surface area (Å²) in [6.07, 6.45) is 0.454. The first-order valence-electron chi connectivity index (χ1n) is 9.84. The van der Waals surface area contributed by atoms with E-state index in [4.69, 9.17) is 4.74 Å². The molecule has 2 aromatic rings. The third-order valence-corrected chi connectivity index (χ3v) is 4.47. The van der Waals surface area contributed by atoms with Gasteiger partial charge < -0.3 is 15.0 Å². The molecule has 0 aliphatic heterocycles. The van der Waals surface area contributed by atoms with E-state index in [9.17, 15) is 14.0 Å². The Kier molecular flexibility index (Phi) is 8.19. The van der Waals surface area contributed by atoms with Crippen LogP contribution in [-0.2, 0) is 16.1 Å². The number of hydrogen-bond donors (Lipinski definition) is 1. The van der Waals surface area contributed by atoms with Crippen LogP contribution in [0.5, 0.6) is 5.75 Å². The molecule has 0 radical (unpaired) electrons. The van der Waals surface area contributed by atoms with Gasteiger partial charge in [0.1, 0.15) is 17.6 Å². The second-order valence-electron chi connectivity index (χ2n) is 7.34. The molecule has 2 amide bonds. The number of halogens is 1. The zero-order valence-corrected chi connectivity index (χ0v) is 17.4. The molecule has 5 nitrogen and oxygen atoms in total. The van der Waals surface area contributed by atoms with E-state index in [0.29, 0.717) is 12.2 Å². The number of rotatable bonds is 9. The van der Waals surface area contributed by atoms with Crippen LogP contribution in [0.2, 0.25) is 0 Å². The minimum Gasteiger partial charge on any atom is -0.484 e. The van der Waals surface area contributed by atoms with Gasteiger partial charge in [0.2, 0.25) is 5.91 Å². The minimum absolute atomic E-state index is 0.0388. The fourth-order valence-corrected chi connectivity index (χ4v) is 2.95. The maximum atomic E-state index is 13.3. The lowest BCUT2D eigenvalue weighted by atomic mass is 10.1. The van der Waals surface area contributed by atoms with Gasteiger partial charge in [-0.3, -0.25) is 9.59 Å². The van der Waals surface area contributed by atoms with Crippen LogP contribution in [0.4, 0.5) is 4.39 Å². The molecule has 0 heterocycles. The molecule has 0 bridgehead atoms. The lowest BCUT2D eigenvalue weighted by molar-refractivity contribution is -0.143. The fourth-order valence-electron chi connectivity index (χ4n) is 2.95. The molecule has 0 saturated carbocycles.